The quantitative estimate of drug-likeness (QED) is 0.695. The van der Waals surface area contributed by atoms with Crippen LogP contribution in [0.25, 0.3) is 10.2 Å². The van der Waals surface area contributed by atoms with Crippen LogP contribution in [0.3, 0.4) is 0 Å². The first-order valence-electron chi connectivity index (χ1n) is 6.02. The highest BCUT2D eigenvalue weighted by atomic mass is 32.1. The molecule has 1 aromatic heterocycles. The fourth-order valence-corrected chi connectivity index (χ4v) is 2.94. The number of benzene rings is 1. The number of fused-ring (bicyclic) bond motifs is 1. The van der Waals surface area contributed by atoms with Crippen molar-refractivity contribution in [2.75, 3.05) is 5.32 Å². The van der Waals surface area contributed by atoms with Crippen molar-refractivity contribution >= 4 is 39.4 Å². The normalized spacial score (nSPS) is 11.0. The molecule has 0 spiro atoms. The number of nitrogens with one attached hydrogen (secondary N) is 1. The lowest BCUT2D eigenvalue weighted by Crippen LogP contribution is -2.15. The molecule has 0 bridgehead atoms. The second-order valence-electron chi connectivity index (χ2n) is 4.55. The van der Waals surface area contributed by atoms with Gasteiger partial charge in [0.05, 0.1) is 22.3 Å². The summed E-state index contributed by atoms with van der Waals surface area (Å²) in [5.41, 5.74) is 0.536. The number of amides is 1. The third kappa shape index (κ3) is 2.62. The van der Waals surface area contributed by atoms with Gasteiger partial charge >= 0.3 is 4.87 Å². The fourth-order valence-electron chi connectivity index (χ4n) is 1.92. The number of carbonyl (C=O) groups is 2. The molecule has 2 aromatic rings. The van der Waals surface area contributed by atoms with Crippen LogP contribution in [0, 0.1) is 5.82 Å². The minimum absolute atomic E-state index is 0.0310. The largest absolute Gasteiger partial charge is 0.323 e. The fraction of sp³-hybridized carbons (Fsp3) is 0.308. The summed E-state index contributed by atoms with van der Waals surface area (Å²) in [5, 5.41) is 2.32. The van der Waals surface area contributed by atoms with Gasteiger partial charge in [0, 0.05) is 6.04 Å². The Morgan fingerprint density at radius 1 is 1.50 bits per heavy atom. The van der Waals surface area contributed by atoms with Crippen LogP contribution < -0.4 is 10.2 Å². The van der Waals surface area contributed by atoms with Crippen molar-refractivity contribution in [2.45, 2.75) is 26.3 Å². The van der Waals surface area contributed by atoms with Crippen LogP contribution in [-0.4, -0.2) is 16.8 Å². The predicted octanol–water partition coefficient (Wildman–Crippen LogP) is 2.31. The summed E-state index contributed by atoms with van der Waals surface area (Å²) in [5.74, 6) is -1.22. The first-order valence-corrected chi connectivity index (χ1v) is 6.83. The molecule has 0 saturated heterocycles. The maximum absolute atomic E-state index is 13.9. The summed E-state index contributed by atoms with van der Waals surface area (Å²) >= 11 is 0.958. The smallest absolute Gasteiger partial charge is 0.308 e. The van der Waals surface area contributed by atoms with Gasteiger partial charge in [0.1, 0.15) is 12.1 Å². The molecule has 7 heteroatoms. The summed E-state index contributed by atoms with van der Waals surface area (Å²) in [4.78, 5) is 33.3. The second-order valence-corrected chi connectivity index (χ2v) is 5.54. The van der Waals surface area contributed by atoms with Crippen LogP contribution in [0.4, 0.5) is 10.1 Å². The van der Waals surface area contributed by atoms with Crippen molar-refractivity contribution in [1.29, 1.82) is 0 Å². The maximum atomic E-state index is 13.9. The standard InChI is InChI=1S/C13H13FN2O3S/c1-7(2)16-10-6-9(15-12(18)3-4-17)8(14)5-11(10)20-13(16)19/h4-7H,3H2,1-2H3,(H,15,18). The summed E-state index contributed by atoms with van der Waals surface area (Å²) in [7, 11) is 0. The van der Waals surface area contributed by atoms with Crippen molar-refractivity contribution in [1.82, 2.24) is 4.57 Å². The third-order valence-corrected chi connectivity index (χ3v) is 3.68. The minimum Gasteiger partial charge on any atom is -0.323 e. The summed E-state index contributed by atoms with van der Waals surface area (Å²) in [6.45, 7) is 3.70. The molecule has 0 aliphatic carbocycles. The van der Waals surface area contributed by atoms with Gasteiger partial charge in [0.25, 0.3) is 0 Å². The first-order chi connectivity index (χ1) is 9.43. The van der Waals surface area contributed by atoms with Gasteiger partial charge in [0.15, 0.2) is 0 Å². The number of carbonyl (C=O) groups excluding carboxylic acids is 2. The summed E-state index contributed by atoms with van der Waals surface area (Å²) in [6.07, 6.45) is 0.110. The molecule has 0 atom stereocenters. The highest BCUT2D eigenvalue weighted by molar-refractivity contribution is 7.16. The molecular formula is C13H13FN2O3S. The topological polar surface area (TPSA) is 68.2 Å². The Labute approximate surface area is 118 Å². The van der Waals surface area contributed by atoms with Crippen LogP contribution in [-0.2, 0) is 9.59 Å². The molecule has 1 N–H and O–H groups in total. The van der Waals surface area contributed by atoms with Crippen LogP contribution >= 0.6 is 11.3 Å². The number of hydrogen-bond acceptors (Lipinski definition) is 4. The van der Waals surface area contributed by atoms with E-state index in [1.807, 2.05) is 13.8 Å². The molecule has 2 rings (SSSR count). The lowest BCUT2D eigenvalue weighted by molar-refractivity contribution is -0.120. The Balaban J connectivity index is 2.54. The maximum Gasteiger partial charge on any atom is 0.308 e. The second kappa shape index (κ2) is 5.54. The van der Waals surface area contributed by atoms with E-state index in [1.165, 1.54) is 16.7 Å². The SMILES string of the molecule is CC(C)n1c(=O)sc2cc(F)c(NC(=O)CC=O)cc21. The van der Waals surface area contributed by atoms with Gasteiger partial charge in [-0.3, -0.25) is 14.2 Å². The lowest BCUT2D eigenvalue weighted by Gasteiger charge is -2.09. The average molecular weight is 296 g/mol. The molecule has 0 fully saturated rings. The van der Waals surface area contributed by atoms with Crippen LogP contribution in [0.1, 0.15) is 26.3 Å². The summed E-state index contributed by atoms with van der Waals surface area (Å²) in [6, 6.07) is 2.57. The summed E-state index contributed by atoms with van der Waals surface area (Å²) < 4.78 is 15.9. The van der Waals surface area contributed by atoms with E-state index < -0.39 is 11.7 Å². The molecule has 0 aliphatic rings. The molecule has 0 saturated carbocycles. The molecule has 0 radical (unpaired) electrons. The van der Waals surface area contributed by atoms with Crippen molar-refractivity contribution in [3.05, 3.63) is 27.6 Å². The van der Waals surface area contributed by atoms with Gasteiger partial charge in [-0.05, 0) is 26.0 Å². The van der Waals surface area contributed by atoms with Crippen molar-refractivity contribution in [3.63, 3.8) is 0 Å². The van der Waals surface area contributed by atoms with E-state index in [-0.39, 0.29) is 23.0 Å². The number of thiazole rings is 1. The number of aldehydes is 1. The lowest BCUT2D eigenvalue weighted by atomic mass is 10.2. The van der Waals surface area contributed by atoms with E-state index in [4.69, 9.17) is 0 Å². The molecule has 1 amide bonds. The molecule has 1 heterocycles. The van der Waals surface area contributed by atoms with Gasteiger partial charge in [0.2, 0.25) is 5.91 Å². The third-order valence-electron chi connectivity index (χ3n) is 2.76. The number of anilines is 1. The molecular weight excluding hydrogens is 283 g/mol. The zero-order valence-electron chi connectivity index (χ0n) is 11.0. The van der Waals surface area contributed by atoms with Crippen LogP contribution in [0.15, 0.2) is 16.9 Å². The van der Waals surface area contributed by atoms with Crippen molar-refractivity contribution in [2.24, 2.45) is 0 Å². The minimum atomic E-state index is -0.631. The van der Waals surface area contributed by atoms with Crippen molar-refractivity contribution in [3.8, 4) is 0 Å². The van der Waals surface area contributed by atoms with E-state index >= 15 is 0 Å². The van der Waals surface area contributed by atoms with Gasteiger partial charge in [-0.2, -0.15) is 0 Å². The molecule has 0 unspecified atom stereocenters. The molecule has 20 heavy (non-hydrogen) atoms. The highest BCUT2D eigenvalue weighted by Gasteiger charge is 2.15. The predicted molar refractivity (Wildman–Crippen MR) is 75.7 cm³/mol. The van der Waals surface area contributed by atoms with E-state index in [0.717, 1.165) is 11.3 Å². The zero-order chi connectivity index (χ0) is 14.9. The monoisotopic (exact) mass is 296 g/mol. The average Bonchev–Trinajstić information content (AvgIpc) is 2.65. The Morgan fingerprint density at radius 2 is 2.20 bits per heavy atom. The zero-order valence-corrected chi connectivity index (χ0v) is 11.8. The number of halogens is 1. The van der Waals surface area contributed by atoms with Gasteiger partial charge < -0.3 is 10.1 Å². The van der Waals surface area contributed by atoms with E-state index in [0.29, 0.717) is 16.5 Å². The number of nitrogens with zero attached hydrogens (tertiary/aromatic N) is 1. The number of aromatic nitrogens is 1. The molecule has 0 aliphatic heterocycles. The van der Waals surface area contributed by atoms with Crippen LogP contribution in [0.2, 0.25) is 0 Å². The molecule has 5 nitrogen and oxygen atoms in total. The Hall–Kier alpha value is -2.02. The van der Waals surface area contributed by atoms with Crippen LogP contribution in [0.5, 0.6) is 0 Å². The molecule has 106 valence electrons. The van der Waals surface area contributed by atoms with Gasteiger partial charge in [-0.25, -0.2) is 4.39 Å². The Morgan fingerprint density at radius 3 is 2.80 bits per heavy atom. The van der Waals surface area contributed by atoms with Gasteiger partial charge in [-0.15, -0.1) is 0 Å². The van der Waals surface area contributed by atoms with Gasteiger partial charge in [-0.1, -0.05) is 11.3 Å². The first kappa shape index (κ1) is 14.4. The van der Waals surface area contributed by atoms with E-state index in [2.05, 4.69) is 5.32 Å². The van der Waals surface area contributed by atoms with E-state index in [1.54, 1.807) is 0 Å². The van der Waals surface area contributed by atoms with E-state index in [9.17, 15) is 18.8 Å². The number of hydrogen-bond donors (Lipinski definition) is 1. The highest BCUT2D eigenvalue weighted by Crippen LogP contribution is 2.26. The van der Waals surface area contributed by atoms with Crippen molar-refractivity contribution < 1.29 is 14.0 Å². The molecule has 1 aromatic carbocycles. The number of rotatable bonds is 4. The Bertz CT molecular complexity index is 733. The Kier molecular flexibility index (Phi) is 3.99.